The lowest BCUT2D eigenvalue weighted by atomic mass is 9.73. The number of aromatic nitrogens is 3. The minimum atomic E-state index is 0.283. The van der Waals surface area contributed by atoms with Crippen molar-refractivity contribution in [1.29, 1.82) is 0 Å². The summed E-state index contributed by atoms with van der Waals surface area (Å²) in [6.45, 7) is 6.74. The first-order valence-electron chi connectivity index (χ1n) is 5.78. The van der Waals surface area contributed by atoms with E-state index in [-0.39, 0.29) is 6.04 Å². The minimum absolute atomic E-state index is 0.283. The van der Waals surface area contributed by atoms with Crippen LogP contribution in [0.3, 0.4) is 0 Å². The van der Waals surface area contributed by atoms with Crippen LogP contribution in [0.25, 0.3) is 0 Å². The van der Waals surface area contributed by atoms with E-state index < -0.39 is 0 Å². The van der Waals surface area contributed by atoms with Gasteiger partial charge in [-0.1, -0.05) is 13.8 Å². The Morgan fingerprint density at radius 2 is 2.13 bits per heavy atom. The fourth-order valence-corrected chi connectivity index (χ4v) is 2.20. The fourth-order valence-electron chi connectivity index (χ4n) is 2.20. The third-order valence-corrected chi connectivity index (χ3v) is 3.45. The molecule has 1 heterocycles. The number of H-pyrrole nitrogens is 1. The van der Waals surface area contributed by atoms with Gasteiger partial charge in [-0.15, -0.1) is 0 Å². The Hall–Kier alpha value is -0.900. The molecule has 4 nitrogen and oxygen atoms in total. The van der Waals surface area contributed by atoms with E-state index in [0.717, 1.165) is 17.7 Å². The second-order valence-electron chi connectivity index (χ2n) is 4.93. The van der Waals surface area contributed by atoms with Gasteiger partial charge in [-0.05, 0) is 31.6 Å². The lowest BCUT2D eigenvalue weighted by molar-refractivity contribution is 0.158. The van der Waals surface area contributed by atoms with Crippen LogP contribution in [0.2, 0.25) is 0 Å². The third kappa shape index (κ3) is 2.37. The highest BCUT2D eigenvalue weighted by atomic mass is 15.2. The normalized spacial score (nSPS) is 27.7. The molecule has 1 atom stereocenters. The summed E-state index contributed by atoms with van der Waals surface area (Å²) in [6, 6.07) is 0.947. The highest BCUT2D eigenvalue weighted by Crippen LogP contribution is 2.34. The van der Waals surface area contributed by atoms with Crippen LogP contribution in [0.15, 0.2) is 6.33 Å². The number of rotatable bonds is 4. The molecule has 4 heteroatoms. The molecule has 0 radical (unpaired) electrons. The molecule has 0 spiro atoms. The predicted octanol–water partition coefficient (Wildman–Crippen LogP) is 1.89. The van der Waals surface area contributed by atoms with Gasteiger partial charge in [0, 0.05) is 6.04 Å². The molecule has 0 aliphatic heterocycles. The lowest BCUT2D eigenvalue weighted by Gasteiger charge is -2.39. The standard InChI is InChI=1S/C11H20N4/c1-7(2)9-4-10(5-9)14-8(3)11-12-6-13-15-11/h6-10,14H,4-5H2,1-3H3,(H,12,13,15). The molecule has 1 aliphatic rings. The van der Waals surface area contributed by atoms with Crippen LogP contribution in [0.5, 0.6) is 0 Å². The Morgan fingerprint density at radius 1 is 1.40 bits per heavy atom. The third-order valence-electron chi connectivity index (χ3n) is 3.45. The highest BCUT2D eigenvalue weighted by Gasteiger charge is 2.32. The van der Waals surface area contributed by atoms with Crippen LogP contribution >= 0.6 is 0 Å². The molecular formula is C11H20N4. The molecule has 84 valence electrons. The Kier molecular flexibility index (Phi) is 3.05. The number of nitrogens with one attached hydrogen (secondary N) is 2. The molecule has 0 amide bonds. The van der Waals surface area contributed by atoms with Crippen molar-refractivity contribution in [2.24, 2.45) is 11.8 Å². The summed E-state index contributed by atoms with van der Waals surface area (Å²) in [5.41, 5.74) is 0. The summed E-state index contributed by atoms with van der Waals surface area (Å²) in [7, 11) is 0. The van der Waals surface area contributed by atoms with Gasteiger partial charge in [0.2, 0.25) is 0 Å². The van der Waals surface area contributed by atoms with E-state index in [1.807, 2.05) is 0 Å². The first-order chi connectivity index (χ1) is 7.16. The van der Waals surface area contributed by atoms with E-state index in [2.05, 4.69) is 41.3 Å². The summed E-state index contributed by atoms with van der Waals surface area (Å²) in [4.78, 5) is 4.15. The fraction of sp³-hybridized carbons (Fsp3) is 0.818. The average Bonchev–Trinajstić information content (AvgIpc) is 2.61. The van der Waals surface area contributed by atoms with Crippen LogP contribution in [0, 0.1) is 11.8 Å². The molecule has 1 saturated carbocycles. The second kappa shape index (κ2) is 4.31. The highest BCUT2D eigenvalue weighted by molar-refractivity contribution is 4.94. The summed E-state index contributed by atoms with van der Waals surface area (Å²) in [6.07, 6.45) is 4.16. The lowest BCUT2D eigenvalue weighted by Crippen LogP contribution is -2.44. The van der Waals surface area contributed by atoms with E-state index in [0.29, 0.717) is 6.04 Å². The van der Waals surface area contributed by atoms with Crippen molar-refractivity contribution >= 4 is 0 Å². The Morgan fingerprint density at radius 3 is 2.67 bits per heavy atom. The molecule has 1 aliphatic carbocycles. The molecule has 1 unspecified atom stereocenters. The molecule has 0 saturated heterocycles. The Labute approximate surface area is 90.9 Å². The maximum atomic E-state index is 4.15. The van der Waals surface area contributed by atoms with E-state index in [9.17, 15) is 0 Å². The van der Waals surface area contributed by atoms with Crippen LogP contribution < -0.4 is 5.32 Å². The monoisotopic (exact) mass is 208 g/mol. The van der Waals surface area contributed by atoms with Crippen molar-refractivity contribution < 1.29 is 0 Å². The molecule has 1 aromatic heterocycles. The first kappa shape index (κ1) is 10.6. The zero-order chi connectivity index (χ0) is 10.8. The summed E-state index contributed by atoms with van der Waals surface area (Å²) < 4.78 is 0. The van der Waals surface area contributed by atoms with Crippen molar-refractivity contribution in [3.8, 4) is 0 Å². The van der Waals surface area contributed by atoms with Gasteiger partial charge in [0.15, 0.2) is 0 Å². The van der Waals surface area contributed by atoms with Gasteiger partial charge in [0.25, 0.3) is 0 Å². The van der Waals surface area contributed by atoms with Crippen LogP contribution in [0.1, 0.15) is 45.5 Å². The molecular weight excluding hydrogens is 188 g/mol. The second-order valence-corrected chi connectivity index (χ2v) is 4.93. The molecule has 2 rings (SSSR count). The van der Waals surface area contributed by atoms with Gasteiger partial charge in [-0.25, -0.2) is 4.98 Å². The number of aromatic amines is 1. The average molecular weight is 208 g/mol. The topological polar surface area (TPSA) is 53.6 Å². The molecule has 0 bridgehead atoms. The van der Waals surface area contributed by atoms with Crippen molar-refractivity contribution in [2.45, 2.75) is 45.7 Å². The summed E-state index contributed by atoms with van der Waals surface area (Å²) in [5, 5.41) is 10.3. The zero-order valence-corrected chi connectivity index (χ0v) is 9.70. The Bertz CT molecular complexity index is 288. The van der Waals surface area contributed by atoms with Gasteiger partial charge in [-0.2, -0.15) is 5.10 Å². The van der Waals surface area contributed by atoms with Crippen molar-refractivity contribution in [1.82, 2.24) is 20.5 Å². The number of hydrogen-bond acceptors (Lipinski definition) is 3. The van der Waals surface area contributed by atoms with E-state index in [1.54, 1.807) is 6.33 Å². The molecule has 15 heavy (non-hydrogen) atoms. The van der Waals surface area contributed by atoms with Gasteiger partial charge in [-0.3, -0.25) is 5.10 Å². The molecule has 0 aromatic carbocycles. The smallest absolute Gasteiger partial charge is 0.141 e. The molecule has 1 aromatic rings. The zero-order valence-electron chi connectivity index (χ0n) is 9.70. The van der Waals surface area contributed by atoms with Gasteiger partial charge < -0.3 is 5.32 Å². The van der Waals surface area contributed by atoms with Crippen molar-refractivity contribution in [3.05, 3.63) is 12.2 Å². The minimum Gasteiger partial charge on any atom is -0.305 e. The number of nitrogens with zero attached hydrogens (tertiary/aromatic N) is 2. The van der Waals surface area contributed by atoms with E-state index in [1.165, 1.54) is 12.8 Å². The Balaban J connectivity index is 1.76. The number of hydrogen-bond donors (Lipinski definition) is 2. The maximum absolute atomic E-state index is 4.15. The predicted molar refractivity (Wildman–Crippen MR) is 59.3 cm³/mol. The SMILES string of the molecule is CC(NC1CC(C(C)C)C1)c1ncn[nH]1. The van der Waals surface area contributed by atoms with Crippen LogP contribution in [-0.2, 0) is 0 Å². The van der Waals surface area contributed by atoms with Gasteiger partial charge in [0.05, 0.1) is 6.04 Å². The maximum Gasteiger partial charge on any atom is 0.141 e. The summed E-state index contributed by atoms with van der Waals surface area (Å²) in [5.74, 6) is 2.66. The quantitative estimate of drug-likeness (QED) is 0.794. The van der Waals surface area contributed by atoms with Crippen LogP contribution in [0.4, 0.5) is 0 Å². The van der Waals surface area contributed by atoms with Crippen LogP contribution in [-0.4, -0.2) is 21.2 Å². The summed E-state index contributed by atoms with van der Waals surface area (Å²) >= 11 is 0. The van der Waals surface area contributed by atoms with Crippen molar-refractivity contribution in [2.75, 3.05) is 0 Å². The van der Waals surface area contributed by atoms with Gasteiger partial charge in [0.1, 0.15) is 12.2 Å². The van der Waals surface area contributed by atoms with E-state index >= 15 is 0 Å². The first-order valence-corrected chi connectivity index (χ1v) is 5.78. The van der Waals surface area contributed by atoms with Crippen molar-refractivity contribution in [3.63, 3.8) is 0 Å². The van der Waals surface area contributed by atoms with E-state index in [4.69, 9.17) is 0 Å². The molecule has 2 N–H and O–H groups in total. The molecule has 1 fully saturated rings. The van der Waals surface area contributed by atoms with Gasteiger partial charge >= 0.3 is 0 Å². The largest absolute Gasteiger partial charge is 0.305 e.